The van der Waals surface area contributed by atoms with Crippen molar-refractivity contribution in [3.05, 3.63) is 40.5 Å². The lowest BCUT2D eigenvalue weighted by Crippen LogP contribution is -2.21. The van der Waals surface area contributed by atoms with Gasteiger partial charge in [0.05, 0.1) is 0 Å². The average molecular weight is 264 g/mol. The molecule has 0 fully saturated rings. The second kappa shape index (κ2) is 4.58. The van der Waals surface area contributed by atoms with Crippen LogP contribution in [0.3, 0.4) is 0 Å². The molecule has 3 nitrogen and oxygen atoms in total. The summed E-state index contributed by atoms with van der Waals surface area (Å²) in [6, 6.07) is 7.23. The number of carbonyl (C=O) groups is 1. The van der Waals surface area contributed by atoms with E-state index in [1.165, 1.54) is 0 Å². The SMILES string of the molecule is CC(C)(C)C1=N/C(=C\c2cccc(Cl)c2)C(=O)O1. The molecular weight excluding hydrogens is 250 g/mol. The largest absolute Gasteiger partial charge is 0.406 e. The Labute approximate surface area is 111 Å². The van der Waals surface area contributed by atoms with Gasteiger partial charge in [0.2, 0.25) is 5.90 Å². The molecule has 1 aromatic rings. The summed E-state index contributed by atoms with van der Waals surface area (Å²) in [6.07, 6.45) is 1.67. The van der Waals surface area contributed by atoms with E-state index in [0.717, 1.165) is 5.56 Å². The molecule has 0 aromatic heterocycles. The number of hydrogen-bond donors (Lipinski definition) is 0. The quantitative estimate of drug-likeness (QED) is 0.573. The minimum Gasteiger partial charge on any atom is -0.406 e. The van der Waals surface area contributed by atoms with E-state index in [1.807, 2.05) is 32.9 Å². The molecule has 0 radical (unpaired) electrons. The number of ether oxygens (including phenoxy) is 1. The van der Waals surface area contributed by atoms with Crippen LogP contribution >= 0.6 is 11.6 Å². The van der Waals surface area contributed by atoms with Crippen LogP contribution in [-0.4, -0.2) is 11.9 Å². The van der Waals surface area contributed by atoms with Crippen LogP contribution in [0.15, 0.2) is 35.0 Å². The lowest BCUT2D eigenvalue weighted by molar-refractivity contribution is -0.130. The van der Waals surface area contributed by atoms with E-state index in [0.29, 0.717) is 16.6 Å². The monoisotopic (exact) mass is 263 g/mol. The van der Waals surface area contributed by atoms with Crippen molar-refractivity contribution in [2.24, 2.45) is 10.4 Å². The highest BCUT2D eigenvalue weighted by atomic mass is 35.5. The van der Waals surface area contributed by atoms with Crippen LogP contribution in [0.1, 0.15) is 26.3 Å². The Morgan fingerprint density at radius 2 is 2.06 bits per heavy atom. The number of nitrogens with zero attached hydrogens (tertiary/aromatic N) is 1. The van der Waals surface area contributed by atoms with E-state index in [1.54, 1.807) is 18.2 Å². The van der Waals surface area contributed by atoms with Crippen LogP contribution in [0.2, 0.25) is 5.02 Å². The molecule has 2 rings (SSSR count). The van der Waals surface area contributed by atoms with E-state index >= 15 is 0 Å². The summed E-state index contributed by atoms with van der Waals surface area (Å²) >= 11 is 5.89. The highest BCUT2D eigenvalue weighted by Gasteiger charge is 2.31. The molecule has 0 bridgehead atoms. The fourth-order valence-corrected chi connectivity index (χ4v) is 1.68. The predicted molar refractivity (Wildman–Crippen MR) is 72.4 cm³/mol. The zero-order valence-electron chi connectivity index (χ0n) is 10.5. The molecule has 0 unspecified atom stereocenters. The summed E-state index contributed by atoms with van der Waals surface area (Å²) in [5.41, 5.74) is 0.857. The van der Waals surface area contributed by atoms with E-state index in [2.05, 4.69) is 4.99 Å². The van der Waals surface area contributed by atoms with Gasteiger partial charge in [-0.1, -0.05) is 44.5 Å². The Kier molecular flexibility index (Phi) is 3.26. The van der Waals surface area contributed by atoms with Crippen molar-refractivity contribution < 1.29 is 9.53 Å². The number of cyclic esters (lactones) is 1. The number of halogens is 1. The first kappa shape index (κ1) is 12.8. The molecule has 0 atom stereocenters. The third kappa shape index (κ3) is 2.79. The minimum atomic E-state index is -0.417. The second-order valence-electron chi connectivity index (χ2n) is 5.14. The number of carbonyl (C=O) groups excluding carboxylic acids is 1. The molecule has 0 saturated heterocycles. The van der Waals surface area contributed by atoms with Crippen LogP contribution < -0.4 is 0 Å². The fraction of sp³-hybridized carbons (Fsp3) is 0.286. The summed E-state index contributed by atoms with van der Waals surface area (Å²) in [7, 11) is 0. The number of benzene rings is 1. The maximum absolute atomic E-state index is 11.7. The molecule has 1 aliphatic heterocycles. The first-order valence-electron chi connectivity index (χ1n) is 5.65. The number of esters is 1. The highest BCUT2D eigenvalue weighted by molar-refractivity contribution is 6.30. The van der Waals surface area contributed by atoms with E-state index in [9.17, 15) is 4.79 Å². The first-order valence-corrected chi connectivity index (χ1v) is 6.03. The van der Waals surface area contributed by atoms with Crippen molar-refractivity contribution >= 4 is 29.5 Å². The molecule has 18 heavy (non-hydrogen) atoms. The molecule has 4 heteroatoms. The van der Waals surface area contributed by atoms with Gasteiger partial charge in [0.25, 0.3) is 0 Å². The van der Waals surface area contributed by atoms with Gasteiger partial charge in [0.1, 0.15) is 0 Å². The molecule has 0 saturated carbocycles. The van der Waals surface area contributed by atoms with E-state index in [-0.39, 0.29) is 5.41 Å². The van der Waals surface area contributed by atoms with Gasteiger partial charge in [-0.3, -0.25) is 0 Å². The summed E-state index contributed by atoms with van der Waals surface area (Å²) in [4.78, 5) is 15.9. The van der Waals surface area contributed by atoms with Crippen LogP contribution in [0, 0.1) is 5.41 Å². The fourth-order valence-electron chi connectivity index (χ4n) is 1.48. The summed E-state index contributed by atoms with van der Waals surface area (Å²) in [5, 5.41) is 0.621. The van der Waals surface area contributed by atoms with Crippen LogP contribution in [0.25, 0.3) is 6.08 Å². The highest BCUT2D eigenvalue weighted by Crippen LogP contribution is 2.26. The molecule has 1 aliphatic rings. The molecule has 94 valence electrons. The Hall–Kier alpha value is -1.61. The van der Waals surface area contributed by atoms with Crippen molar-refractivity contribution in [1.29, 1.82) is 0 Å². The van der Waals surface area contributed by atoms with Gasteiger partial charge in [-0.15, -0.1) is 0 Å². The van der Waals surface area contributed by atoms with Crippen LogP contribution in [0.5, 0.6) is 0 Å². The molecule has 0 spiro atoms. The smallest absolute Gasteiger partial charge is 0.363 e. The molecule has 0 N–H and O–H groups in total. The molecule has 0 aliphatic carbocycles. The standard InChI is InChI=1S/C14H14ClNO2/c1-14(2,3)13-16-11(12(17)18-13)8-9-5-4-6-10(15)7-9/h4-8H,1-3H3/b11-8-. The summed E-state index contributed by atoms with van der Waals surface area (Å²) < 4.78 is 5.15. The predicted octanol–water partition coefficient (Wildman–Crippen LogP) is 3.68. The van der Waals surface area contributed by atoms with E-state index in [4.69, 9.17) is 16.3 Å². The van der Waals surface area contributed by atoms with Gasteiger partial charge < -0.3 is 4.74 Å². The van der Waals surface area contributed by atoms with Crippen molar-refractivity contribution in [2.75, 3.05) is 0 Å². The van der Waals surface area contributed by atoms with Crippen LogP contribution in [-0.2, 0) is 9.53 Å². The van der Waals surface area contributed by atoms with Gasteiger partial charge >= 0.3 is 5.97 Å². The maximum atomic E-state index is 11.7. The van der Waals surface area contributed by atoms with Gasteiger partial charge in [-0.25, -0.2) is 9.79 Å². The summed E-state index contributed by atoms with van der Waals surface area (Å²) in [6.45, 7) is 5.84. The third-order valence-corrected chi connectivity index (χ3v) is 2.65. The van der Waals surface area contributed by atoms with Crippen molar-refractivity contribution in [1.82, 2.24) is 0 Å². The molecule has 0 amide bonds. The Morgan fingerprint density at radius 1 is 1.33 bits per heavy atom. The number of rotatable bonds is 1. The van der Waals surface area contributed by atoms with Gasteiger partial charge in [0, 0.05) is 10.4 Å². The topological polar surface area (TPSA) is 38.7 Å². The van der Waals surface area contributed by atoms with Crippen molar-refractivity contribution in [3.8, 4) is 0 Å². The number of aliphatic imine (C=N–C) groups is 1. The van der Waals surface area contributed by atoms with Gasteiger partial charge in [-0.2, -0.15) is 0 Å². The maximum Gasteiger partial charge on any atom is 0.363 e. The van der Waals surface area contributed by atoms with Crippen molar-refractivity contribution in [2.45, 2.75) is 20.8 Å². The zero-order chi connectivity index (χ0) is 13.3. The normalized spacial score (nSPS) is 17.9. The van der Waals surface area contributed by atoms with Gasteiger partial charge in [0.15, 0.2) is 5.70 Å². The lowest BCUT2D eigenvalue weighted by atomic mass is 9.97. The number of hydrogen-bond acceptors (Lipinski definition) is 3. The minimum absolute atomic E-state index is 0.278. The Balaban J connectivity index is 2.34. The van der Waals surface area contributed by atoms with Crippen LogP contribution in [0.4, 0.5) is 0 Å². The first-order chi connectivity index (χ1) is 8.36. The molecule has 1 aromatic carbocycles. The molecule has 1 heterocycles. The zero-order valence-corrected chi connectivity index (χ0v) is 11.3. The molecular formula is C14H14ClNO2. The van der Waals surface area contributed by atoms with E-state index < -0.39 is 5.97 Å². The van der Waals surface area contributed by atoms with Crippen molar-refractivity contribution in [3.63, 3.8) is 0 Å². The average Bonchev–Trinajstić information content (AvgIpc) is 2.60. The lowest BCUT2D eigenvalue weighted by Gasteiger charge is -2.15. The van der Waals surface area contributed by atoms with Gasteiger partial charge in [-0.05, 0) is 23.8 Å². The summed E-state index contributed by atoms with van der Waals surface area (Å²) in [5.74, 6) is 0.0284. The Bertz CT molecular complexity index is 553. The third-order valence-electron chi connectivity index (χ3n) is 2.41. The second-order valence-corrected chi connectivity index (χ2v) is 5.58. The Morgan fingerprint density at radius 3 is 2.61 bits per heavy atom.